The van der Waals surface area contributed by atoms with E-state index in [2.05, 4.69) is 0 Å². The molecule has 1 heterocycles. The molecule has 0 aliphatic carbocycles. The first-order valence-electron chi connectivity index (χ1n) is 7.28. The Balaban J connectivity index is 2.01. The van der Waals surface area contributed by atoms with Crippen molar-refractivity contribution in [1.29, 1.82) is 0 Å². The van der Waals surface area contributed by atoms with Gasteiger partial charge in [0, 0.05) is 31.8 Å². The van der Waals surface area contributed by atoms with Crippen LogP contribution in [0.25, 0.3) is 6.08 Å². The Bertz CT molecular complexity index is 517. The van der Waals surface area contributed by atoms with Crippen LogP contribution in [0.2, 0.25) is 0 Å². The van der Waals surface area contributed by atoms with Crippen LogP contribution in [-0.2, 0) is 9.53 Å². The molecule has 1 aromatic rings. The van der Waals surface area contributed by atoms with E-state index in [1.54, 1.807) is 20.3 Å². The minimum atomic E-state index is 0.0492. The molecule has 1 aliphatic rings. The van der Waals surface area contributed by atoms with Crippen LogP contribution in [0.5, 0.6) is 5.75 Å². The molecule has 1 saturated heterocycles. The minimum absolute atomic E-state index is 0.0492. The molecule has 0 aromatic heterocycles. The van der Waals surface area contributed by atoms with Gasteiger partial charge in [-0.2, -0.15) is 0 Å². The molecule has 0 bridgehead atoms. The number of hydrogen-bond donors (Lipinski definition) is 0. The Morgan fingerprint density at radius 2 is 2.00 bits per heavy atom. The van der Waals surface area contributed by atoms with Crippen molar-refractivity contribution in [2.45, 2.75) is 25.9 Å². The number of ether oxygens (including phenoxy) is 2. The zero-order chi connectivity index (χ0) is 15.2. The number of methoxy groups -OCH3 is 2. The van der Waals surface area contributed by atoms with E-state index in [1.807, 2.05) is 36.1 Å². The van der Waals surface area contributed by atoms with Crippen LogP contribution in [-0.4, -0.2) is 44.2 Å². The highest BCUT2D eigenvalue weighted by molar-refractivity contribution is 5.92. The normalized spacial score (nSPS) is 16.4. The van der Waals surface area contributed by atoms with Crippen LogP contribution in [0, 0.1) is 6.92 Å². The number of carbonyl (C=O) groups excluding carboxylic acids is 1. The lowest BCUT2D eigenvalue weighted by Gasteiger charge is -2.30. The van der Waals surface area contributed by atoms with Crippen molar-refractivity contribution < 1.29 is 14.3 Å². The zero-order valence-corrected chi connectivity index (χ0v) is 13.0. The van der Waals surface area contributed by atoms with E-state index in [-0.39, 0.29) is 12.0 Å². The Hall–Kier alpha value is -1.81. The number of hydrogen-bond acceptors (Lipinski definition) is 3. The number of nitrogens with zero attached hydrogens (tertiary/aromatic N) is 1. The molecule has 0 atom stereocenters. The number of rotatable bonds is 4. The lowest BCUT2D eigenvalue weighted by atomic mass is 10.1. The second kappa shape index (κ2) is 7.27. The predicted octanol–water partition coefficient (Wildman–Crippen LogP) is 2.65. The number of aryl methyl sites for hydroxylation is 1. The molecule has 1 aliphatic heterocycles. The third-order valence-corrected chi connectivity index (χ3v) is 3.88. The van der Waals surface area contributed by atoms with Crippen molar-refractivity contribution >= 4 is 12.0 Å². The fraction of sp³-hybridized carbons (Fsp3) is 0.471. The Kier molecular flexibility index (Phi) is 5.39. The maximum atomic E-state index is 12.2. The van der Waals surface area contributed by atoms with Crippen molar-refractivity contribution in [3.05, 3.63) is 35.4 Å². The largest absolute Gasteiger partial charge is 0.496 e. The van der Waals surface area contributed by atoms with Gasteiger partial charge in [-0.25, -0.2) is 0 Å². The molecule has 0 unspecified atom stereocenters. The van der Waals surface area contributed by atoms with Crippen molar-refractivity contribution in [3.63, 3.8) is 0 Å². The summed E-state index contributed by atoms with van der Waals surface area (Å²) in [5.74, 6) is 0.829. The highest BCUT2D eigenvalue weighted by Gasteiger charge is 2.20. The average molecular weight is 289 g/mol. The molecular weight excluding hydrogens is 266 g/mol. The predicted molar refractivity (Wildman–Crippen MR) is 83.4 cm³/mol. The van der Waals surface area contributed by atoms with Crippen molar-refractivity contribution in [2.24, 2.45) is 0 Å². The second-order valence-electron chi connectivity index (χ2n) is 5.34. The van der Waals surface area contributed by atoms with Gasteiger partial charge in [0.1, 0.15) is 5.75 Å². The molecular formula is C17H23NO3. The van der Waals surface area contributed by atoms with E-state index in [1.165, 1.54) is 0 Å². The first-order valence-corrected chi connectivity index (χ1v) is 7.28. The number of amides is 1. The molecule has 2 rings (SSSR count). The molecule has 1 amide bonds. The molecule has 4 nitrogen and oxygen atoms in total. The van der Waals surface area contributed by atoms with E-state index >= 15 is 0 Å². The molecule has 0 radical (unpaired) electrons. The number of piperidine rings is 1. The van der Waals surface area contributed by atoms with Crippen LogP contribution < -0.4 is 4.74 Å². The first-order chi connectivity index (χ1) is 10.1. The standard InChI is InChI=1S/C17H23NO3/c1-13-4-6-16(21-3)14(12-13)5-7-17(19)18-10-8-15(20-2)9-11-18/h4-7,12,15H,8-11H2,1-3H3/b7-5+. The van der Waals surface area contributed by atoms with Crippen LogP contribution in [0.3, 0.4) is 0 Å². The minimum Gasteiger partial charge on any atom is -0.496 e. The third-order valence-electron chi connectivity index (χ3n) is 3.88. The van der Waals surface area contributed by atoms with E-state index < -0.39 is 0 Å². The van der Waals surface area contributed by atoms with Gasteiger partial charge in [0.25, 0.3) is 0 Å². The van der Waals surface area contributed by atoms with Gasteiger partial charge in [-0.05, 0) is 38.0 Å². The maximum absolute atomic E-state index is 12.2. The third kappa shape index (κ3) is 4.08. The molecule has 1 aromatic carbocycles. The first kappa shape index (κ1) is 15.6. The quantitative estimate of drug-likeness (QED) is 0.800. The van der Waals surface area contributed by atoms with Gasteiger partial charge in [-0.3, -0.25) is 4.79 Å². The Morgan fingerprint density at radius 1 is 1.29 bits per heavy atom. The van der Waals surface area contributed by atoms with E-state index in [9.17, 15) is 4.79 Å². The van der Waals surface area contributed by atoms with Gasteiger partial charge in [-0.15, -0.1) is 0 Å². The molecule has 21 heavy (non-hydrogen) atoms. The van der Waals surface area contributed by atoms with Crippen LogP contribution in [0.15, 0.2) is 24.3 Å². The topological polar surface area (TPSA) is 38.8 Å². The maximum Gasteiger partial charge on any atom is 0.246 e. The monoisotopic (exact) mass is 289 g/mol. The summed E-state index contributed by atoms with van der Waals surface area (Å²) in [6.07, 6.45) is 5.56. The van der Waals surface area contributed by atoms with Gasteiger partial charge in [0.2, 0.25) is 5.91 Å². The van der Waals surface area contributed by atoms with Gasteiger partial charge < -0.3 is 14.4 Å². The van der Waals surface area contributed by atoms with Crippen LogP contribution in [0.4, 0.5) is 0 Å². The summed E-state index contributed by atoms with van der Waals surface area (Å²) in [5, 5.41) is 0. The highest BCUT2D eigenvalue weighted by atomic mass is 16.5. The molecule has 0 N–H and O–H groups in total. The Morgan fingerprint density at radius 3 is 2.62 bits per heavy atom. The molecule has 0 spiro atoms. The van der Waals surface area contributed by atoms with Gasteiger partial charge in [0.15, 0.2) is 0 Å². The van der Waals surface area contributed by atoms with Gasteiger partial charge in [-0.1, -0.05) is 11.6 Å². The summed E-state index contributed by atoms with van der Waals surface area (Å²) < 4.78 is 10.6. The molecule has 114 valence electrons. The molecule has 1 fully saturated rings. The lowest BCUT2D eigenvalue weighted by Crippen LogP contribution is -2.39. The number of benzene rings is 1. The fourth-order valence-corrected chi connectivity index (χ4v) is 2.56. The van der Waals surface area contributed by atoms with Crippen molar-refractivity contribution in [3.8, 4) is 5.75 Å². The fourth-order valence-electron chi connectivity index (χ4n) is 2.56. The molecule has 0 saturated carbocycles. The number of likely N-dealkylation sites (tertiary alicyclic amines) is 1. The SMILES string of the molecule is COc1ccc(C)cc1/C=C/C(=O)N1CCC(OC)CC1. The summed E-state index contributed by atoms with van der Waals surface area (Å²) in [7, 11) is 3.37. The summed E-state index contributed by atoms with van der Waals surface area (Å²) in [4.78, 5) is 14.1. The molecule has 4 heteroatoms. The highest BCUT2D eigenvalue weighted by Crippen LogP contribution is 2.21. The number of carbonyl (C=O) groups is 1. The van der Waals surface area contributed by atoms with Gasteiger partial charge >= 0.3 is 0 Å². The average Bonchev–Trinajstić information content (AvgIpc) is 2.52. The lowest BCUT2D eigenvalue weighted by molar-refractivity contribution is -0.128. The van der Waals surface area contributed by atoms with Crippen LogP contribution in [0.1, 0.15) is 24.0 Å². The van der Waals surface area contributed by atoms with Crippen molar-refractivity contribution in [1.82, 2.24) is 4.90 Å². The van der Waals surface area contributed by atoms with Crippen molar-refractivity contribution in [2.75, 3.05) is 27.3 Å². The zero-order valence-electron chi connectivity index (χ0n) is 13.0. The van der Waals surface area contributed by atoms with E-state index in [0.29, 0.717) is 0 Å². The summed E-state index contributed by atoms with van der Waals surface area (Å²) >= 11 is 0. The Labute approximate surface area is 126 Å². The second-order valence-corrected chi connectivity index (χ2v) is 5.34. The van der Waals surface area contributed by atoms with E-state index in [0.717, 1.165) is 42.8 Å². The van der Waals surface area contributed by atoms with Crippen LogP contribution >= 0.6 is 0 Å². The summed E-state index contributed by atoms with van der Waals surface area (Å²) in [6.45, 7) is 3.54. The summed E-state index contributed by atoms with van der Waals surface area (Å²) in [5.41, 5.74) is 2.07. The smallest absolute Gasteiger partial charge is 0.246 e. The van der Waals surface area contributed by atoms with E-state index in [4.69, 9.17) is 9.47 Å². The summed E-state index contributed by atoms with van der Waals surface area (Å²) in [6, 6.07) is 5.93. The van der Waals surface area contributed by atoms with Gasteiger partial charge in [0.05, 0.1) is 13.2 Å².